The van der Waals surface area contributed by atoms with Crippen molar-refractivity contribution < 1.29 is 4.92 Å². The number of nitriles is 1. The van der Waals surface area contributed by atoms with Gasteiger partial charge in [0.15, 0.2) is 0 Å². The molecule has 3 atom stereocenters. The fourth-order valence-corrected chi connectivity index (χ4v) is 2.85. The van der Waals surface area contributed by atoms with Gasteiger partial charge in [-0.1, -0.05) is 26.7 Å². The molecule has 2 rings (SSSR count). The highest BCUT2D eigenvalue weighted by Crippen LogP contribution is 2.32. The molecule has 0 bridgehead atoms. The van der Waals surface area contributed by atoms with Gasteiger partial charge in [0, 0.05) is 18.2 Å². The summed E-state index contributed by atoms with van der Waals surface area (Å²) in [7, 11) is 0. The first-order valence-electron chi connectivity index (χ1n) is 6.98. The Hall–Kier alpha value is -2.09. The summed E-state index contributed by atoms with van der Waals surface area (Å²) in [6, 6.07) is 6.78. The van der Waals surface area contributed by atoms with Gasteiger partial charge in [0.2, 0.25) is 0 Å². The van der Waals surface area contributed by atoms with Crippen LogP contribution in [0, 0.1) is 33.3 Å². The zero-order chi connectivity index (χ0) is 14.7. The van der Waals surface area contributed by atoms with Crippen molar-refractivity contribution in [3.05, 3.63) is 33.9 Å². The number of nitrogens with zero attached hydrogens (tertiary/aromatic N) is 2. The van der Waals surface area contributed by atoms with Crippen LogP contribution in [0.1, 0.15) is 38.7 Å². The molecule has 0 saturated heterocycles. The normalized spacial score (nSPS) is 25.8. The number of hydrogen-bond acceptors (Lipinski definition) is 4. The number of nitrogens with one attached hydrogen (secondary N) is 1. The third-order valence-electron chi connectivity index (χ3n) is 4.38. The monoisotopic (exact) mass is 273 g/mol. The number of hydrogen-bond donors (Lipinski definition) is 1. The molecule has 1 aliphatic rings. The minimum absolute atomic E-state index is 0.0443. The Bertz CT molecular complexity index is 551. The molecule has 1 aliphatic carbocycles. The largest absolute Gasteiger partial charge is 0.381 e. The molecule has 1 fully saturated rings. The van der Waals surface area contributed by atoms with Crippen molar-refractivity contribution in [3.63, 3.8) is 0 Å². The van der Waals surface area contributed by atoms with E-state index in [0.29, 0.717) is 29.1 Å². The number of nitro benzene ring substituents is 1. The van der Waals surface area contributed by atoms with E-state index in [2.05, 4.69) is 19.2 Å². The summed E-state index contributed by atoms with van der Waals surface area (Å²) in [5.41, 5.74) is 0.992. The van der Waals surface area contributed by atoms with Gasteiger partial charge in [-0.15, -0.1) is 0 Å². The molecule has 5 nitrogen and oxygen atoms in total. The fraction of sp³-hybridized carbons (Fsp3) is 0.533. The summed E-state index contributed by atoms with van der Waals surface area (Å²) in [5, 5.41) is 23.3. The van der Waals surface area contributed by atoms with E-state index in [-0.39, 0.29) is 5.69 Å². The third-order valence-corrected chi connectivity index (χ3v) is 4.38. The standard InChI is InChI=1S/C15H19N3O2/c1-10-4-3-5-14(11(10)2)17-15-7-6-13(18(19)20)8-12(15)9-16/h6-8,10-11,14,17H,3-5H2,1-2H3/t10-,11+,14+/m0/s1. The average molecular weight is 273 g/mol. The Kier molecular flexibility index (Phi) is 4.23. The van der Waals surface area contributed by atoms with E-state index in [1.54, 1.807) is 6.07 Å². The zero-order valence-electron chi connectivity index (χ0n) is 11.8. The Labute approximate surface area is 118 Å². The Morgan fingerprint density at radius 1 is 1.40 bits per heavy atom. The lowest BCUT2D eigenvalue weighted by Crippen LogP contribution is -2.35. The maximum absolute atomic E-state index is 10.7. The molecule has 0 spiro atoms. The predicted octanol–water partition coefficient (Wildman–Crippen LogP) is 3.70. The fourth-order valence-electron chi connectivity index (χ4n) is 2.85. The first-order chi connectivity index (χ1) is 9.52. The molecule has 0 heterocycles. The molecule has 5 heteroatoms. The van der Waals surface area contributed by atoms with Crippen LogP contribution < -0.4 is 5.32 Å². The number of non-ortho nitro benzene ring substituents is 1. The lowest BCUT2D eigenvalue weighted by atomic mass is 9.78. The summed E-state index contributed by atoms with van der Waals surface area (Å²) in [6.07, 6.45) is 3.50. The van der Waals surface area contributed by atoms with Gasteiger partial charge in [0.1, 0.15) is 6.07 Å². The molecule has 0 amide bonds. The van der Waals surface area contributed by atoms with Crippen LogP contribution in [0.15, 0.2) is 18.2 Å². The first kappa shape index (κ1) is 14.3. The van der Waals surface area contributed by atoms with E-state index in [1.165, 1.54) is 25.0 Å². The minimum Gasteiger partial charge on any atom is -0.381 e. The van der Waals surface area contributed by atoms with Gasteiger partial charge in [-0.05, 0) is 24.3 Å². The second-order valence-corrected chi connectivity index (χ2v) is 5.62. The number of nitro groups is 1. The lowest BCUT2D eigenvalue weighted by molar-refractivity contribution is -0.384. The highest BCUT2D eigenvalue weighted by atomic mass is 16.6. The molecule has 106 valence electrons. The van der Waals surface area contributed by atoms with Gasteiger partial charge >= 0.3 is 0 Å². The Balaban J connectivity index is 2.21. The van der Waals surface area contributed by atoms with Gasteiger partial charge < -0.3 is 5.32 Å². The zero-order valence-corrected chi connectivity index (χ0v) is 11.8. The topological polar surface area (TPSA) is 79.0 Å². The highest BCUT2D eigenvalue weighted by molar-refractivity contribution is 5.61. The molecule has 1 saturated carbocycles. The summed E-state index contributed by atoms with van der Waals surface area (Å²) in [6.45, 7) is 4.47. The molecule has 1 N–H and O–H groups in total. The smallest absolute Gasteiger partial charge is 0.270 e. The van der Waals surface area contributed by atoms with E-state index >= 15 is 0 Å². The van der Waals surface area contributed by atoms with Gasteiger partial charge in [-0.3, -0.25) is 10.1 Å². The van der Waals surface area contributed by atoms with Crippen LogP contribution in [-0.4, -0.2) is 11.0 Å². The van der Waals surface area contributed by atoms with Crippen LogP contribution in [0.4, 0.5) is 11.4 Å². The van der Waals surface area contributed by atoms with Crippen LogP contribution in [0.2, 0.25) is 0 Å². The second-order valence-electron chi connectivity index (χ2n) is 5.62. The van der Waals surface area contributed by atoms with Crippen LogP contribution >= 0.6 is 0 Å². The Morgan fingerprint density at radius 2 is 2.15 bits per heavy atom. The van der Waals surface area contributed by atoms with Crippen molar-refractivity contribution in [2.24, 2.45) is 11.8 Å². The van der Waals surface area contributed by atoms with E-state index < -0.39 is 4.92 Å². The minimum atomic E-state index is -0.476. The van der Waals surface area contributed by atoms with Crippen LogP contribution in [0.25, 0.3) is 0 Å². The van der Waals surface area contributed by atoms with Crippen molar-refractivity contribution in [2.45, 2.75) is 39.2 Å². The molecule has 1 aromatic carbocycles. The molecule has 0 aromatic heterocycles. The van der Waals surface area contributed by atoms with E-state index in [1.807, 2.05) is 6.07 Å². The predicted molar refractivity (Wildman–Crippen MR) is 77.4 cm³/mol. The summed E-state index contributed by atoms with van der Waals surface area (Å²) in [4.78, 5) is 10.3. The van der Waals surface area contributed by atoms with Gasteiger partial charge in [-0.25, -0.2) is 0 Å². The van der Waals surface area contributed by atoms with Crippen LogP contribution in [0.5, 0.6) is 0 Å². The maximum Gasteiger partial charge on any atom is 0.270 e. The molecule has 20 heavy (non-hydrogen) atoms. The van der Waals surface area contributed by atoms with E-state index in [0.717, 1.165) is 6.42 Å². The summed E-state index contributed by atoms with van der Waals surface area (Å²) in [5.74, 6) is 1.19. The van der Waals surface area contributed by atoms with Crippen molar-refractivity contribution in [2.75, 3.05) is 5.32 Å². The third kappa shape index (κ3) is 2.90. The molecule has 0 aliphatic heterocycles. The summed E-state index contributed by atoms with van der Waals surface area (Å²) >= 11 is 0. The van der Waals surface area contributed by atoms with E-state index in [9.17, 15) is 10.1 Å². The van der Waals surface area contributed by atoms with Crippen molar-refractivity contribution >= 4 is 11.4 Å². The van der Waals surface area contributed by atoms with Gasteiger partial charge in [0.25, 0.3) is 5.69 Å². The second kappa shape index (κ2) is 5.91. The highest BCUT2D eigenvalue weighted by Gasteiger charge is 2.27. The van der Waals surface area contributed by atoms with Gasteiger partial charge in [0.05, 0.1) is 16.2 Å². The van der Waals surface area contributed by atoms with Crippen LogP contribution in [0.3, 0.4) is 0 Å². The molecule has 0 unspecified atom stereocenters. The number of benzene rings is 1. The van der Waals surface area contributed by atoms with Crippen LogP contribution in [-0.2, 0) is 0 Å². The molecular formula is C15H19N3O2. The maximum atomic E-state index is 10.7. The van der Waals surface area contributed by atoms with Crippen molar-refractivity contribution in [1.29, 1.82) is 5.26 Å². The summed E-state index contributed by atoms with van der Waals surface area (Å²) < 4.78 is 0. The average Bonchev–Trinajstić information content (AvgIpc) is 2.44. The number of anilines is 1. The lowest BCUT2D eigenvalue weighted by Gasteiger charge is -2.35. The SMILES string of the molecule is C[C@@H]1[C@@H](C)CCC[C@H]1Nc1ccc([N+](=O)[O-])cc1C#N. The first-order valence-corrected chi connectivity index (χ1v) is 6.98. The molecule has 1 aromatic rings. The van der Waals surface area contributed by atoms with Crippen molar-refractivity contribution in [3.8, 4) is 6.07 Å². The quantitative estimate of drug-likeness (QED) is 0.672. The van der Waals surface area contributed by atoms with Gasteiger partial charge in [-0.2, -0.15) is 5.26 Å². The van der Waals surface area contributed by atoms with Crippen molar-refractivity contribution in [1.82, 2.24) is 0 Å². The molecule has 0 radical (unpaired) electrons. The number of rotatable bonds is 3. The Morgan fingerprint density at radius 3 is 2.80 bits per heavy atom. The van der Waals surface area contributed by atoms with E-state index in [4.69, 9.17) is 5.26 Å². The molecular weight excluding hydrogens is 254 g/mol.